The van der Waals surface area contributed by atoms with Gasteiger partial charge in [0.2, 0.25) is 0 Å². The summed E-state index contributed by atoms with van der Waals surface area (Å²) in [6.07, 6.45) is 26.7. The molecule has 0 amide bonds. The molecular weight excluding hydrogens is 489 g/mol. The molecule has 1 nitrogen and oxygen atoms in total. The summed E-state index contributed by atoms with van der Waals surface area (Å²) in [6.45, 7) is 23.3. The van der Waals surface area contributed by atoms with Gasteiger partial charge in [0, 0.05) is 33.8 Å². The second-order valence-corrected chi connectivity index (χ2v) is 15.2. The van der Waals surface area contributed by atoms with E-state index in [0.29, 0.717) is 0 Å². The number of allylic oxidation sites excluding steroid dienone is 7. The van der Waals surface area contributed by atoms with Crippen LogP contribution in [0.25, 0.3) is 0 Å². The van der Waals surface area contributed by atoms with Crippen LogP contribution in [-0.2, 0) is 21.7 Å². The molecule has 1 aliphatic carbocycles. The predicted molar refractivity (Wildman–Crippen MR) is 166 cm³/mol. The fourth-order valence-electron chi connectivity index (χ4n) is 5.38. The van der Waals surface area contributed by atoms with E-state index in [0.717, 1.165) is 36.2 Å². The third-order valence-corrected chi connectivity index (χ3v) is 13.4. The van der Waals surface area contributed by atoms with E-state index in [4.69, 9.17) is 4.74 Å². The monoisotopic (exact) mass is 551 g/mol. The van der Waals surface area contributed by atoms with Gasteiger partial charge in [-0.25, -0.2) is 0 Å². The van der Waals surface area contributed by atoms with Gasteiger partial charge in [0.25, 0.3) is 0 Å². The molecule has 1 rings (SSSR count). The second kappa shape index (κ2) is 22.8. The van der Waals surface area contributed by atoms with Gasteiger partial charge in [-0.3, -0.25) is 4.74 Å². The van der Waals surface area contributed by atoms with Crippen molar-refractivity contribution in [1.82, 2.24) is 0 Å². The van der Waals surface area contributed by atoms with Gasteiger partial charge in [-0.15, -0.1) is 0 Å². The molecule has 0 spiro atoms. The SMILES string of the molecule is CCC=C(C)C(C)=CCC.CCCCC(C)P(=NC1=CC=CC1)(C(C)CCCC)C(C)CCCC.[Ti]. The third kappa shape index (κ3) is 13.6. The molecule has 0 aromatic heterocycles. The molecule has 0 bridgehead atoms. The molecule has 3 atom stereocenters. The van der Waals surface area contributed by atoms with Crippen LogP contribution in [0.5, 0.6) is 0 Å². The van der Waals surface area contributed by atoms with Crippen molar-refractivity contribution in [3.63, 3.8) is 0 Å². The Balaban J connectivity index is 0. The average molecular weight is 552 g/mol. The average Bonchev–Trinajstić information content (AvgIpc) is 3.36. The van der Waals surface area contributed by atoms with E-state index in [-0.39, 0.29) is 21.7 Å². The van der Waals surface area contributed by atoms with Gasteiger partial charge in [0.15, 0.2) is 0 Å². The first-order valence-corrected chi connectivity index (χ1v) is 17.0. The summed E-state index contributed by atoms with van der Waals surface area (Å²) < 4.78 is 5.68. The molecule has 0 radical (unpaired) electrons. The summed E-state index contributed by atoms with van der Waals surface area (Å²) in [5, 5.41) is 0. The van der Waals surface area contributed by atoms with E-state index in [1.165, 1.54) is 74.6 Å². The van der Waals surface area contributed by atoms with Crippen LogP contribution in [0.1, 0.15) is 146 Å². The van der Waals surface area contributed by atoms with Crippen LogP contribution in [0, 0.1) is 0 Å². The zero-order chi connectivity index (χ0) is 26.7. The molecule has 0 heterocycles. The smallest absolute Gasteiger partial charge is 0.0425 e. The van der Waals surface area contributed by atoms with Crippen molar-refractivity contribution in [1.29, 1.82) is 0 Å². The van der Waals surface area contributed by atoms with E-state index in [9.17, 15) is 0 Å². The van der Waals surface area contributed by atoms with Crippen LogP contribution in [-0.4, -0.2) is 17.0 Å². The fraction of sp³-hybridized carbons (Fsp3) is 0.758. The first-order valence-electron chi connectivity index (χ1n) is 15.1. The summed E-state index contributed by atoms with van der Waals surface area (Å²) in [5.41, 5.74) is 6.52. The Bertz CT molecular complexity index is 667. The van der Waals surface area contributed by atoms with E-state index >= 15 is 0 Å². The van der Waals surface area contributed by atoms with Crippen LogP contribution in [0.3, 0.4) is 0 Å². The second-order valence-electron chi connectivity index (χ2n) is 10.7. The van der Waals surface area contributed by atoms with Crippen molar-refractivity contribution in [3.8, 4) is 0 Å². The van der Waals surface area contributed by atoms with Gasteiger partial charge < -0.3 is 0 Å². The molecule has 208 valence electrons. The zero-order valence-corrected chi connectivity index (χ0v) is 28.5. The Labute approximate surface area is 243 Å². The van der Waals surface area contributed by atoms with Crippen molar-refractivity contribution in [2.24, 2.45) is 4.74 Å². The summed E-state index contributed by atoms with van der Waals surface area (Å²) in [6, 6.07) is 0. The Hall–Kier alpha value is -0.0957. The van der Waals surface area contributed by atoms with E-state index in [1.807, 2.05) is 0 Å². The molecule has 3 unspecified atom stereocenters. The van der Waals surface area contributed by atoms with E-state index < -0.39 is 7.05 Å². The van der Waals surface area contributed by atoms with E-state index in [2.05, 4.69) is 99.6 Å². The van der Waals surface area contributed by atoms with Gasteiger partial charge in [-0.1, -0.05) is 129 Å². The molecule has 0 aromatic rings. The molecule has 36 heavy (non-hydrogen) atoms. The van der Waals surface area contributed by atoms with Gasteiger partial charge in [-0.2, -0.15) is 0 Å². The fourth-order valence-corrected chi connectivity index (χ4v) is 11.0. The quantitative estimate of drug-likeness (QED) is 0.103. The Kier molecular flexibility index (Phi) is 24.2. The Morgan fingerprint density at radius 2 is 1.17 bits per heavy atom. The van der Waals surface area contributed by atoms with Crippen LogP contribution < -0.4 is 0 Å². The maximum atomic E-state index is 5.68. The van der Waals surface area contributed by atoms with Crippen LogP contribution >= 0.6 is 7.05 Å². The maximum absolute atomic E-state index is 5.68. The van der Waals surface area contributed by atoms with Crippen molar-refractivity contribution in [2.45, 2.75) is 163 Å². The summed E-state index contributed by atoms with van der Waals surface area (Å²) in [5.74, 6) is 0. The molecule has 0 saturated heterocycles. The normalized spacial score (nSPS) is 17.8. The summed E-state index contributed by atoms with van der Waals surface area (Å²) in [4.78, 5) is 0. The zero-order valence-electron chi connectivity index (χ0n) is 26.0. The number of hydrogen-bond donors (Lipinski definition) is 0. The first-order chi connectivity index (χ1) is 16.7. The largest absolute Gasteiger partial charge is 0.271 e. The number of hydrogen-bond acceptors (Lipinski definition) is 1. The Morgan fingerprint density at radius 3 is 1.44 bits per heavy atom. The number of unbranched alkanes of at least 4 members (excludes halogenated alkanes) is 3. The molecule has 0 fully saturated rings. The van der Waals surface area contributed by atoms with Gasteiger partial charge in [-0.05, 0) is 76.1 Å². The Morgan fingerprint density at radius 1 is 0.778 bits per heavy atom. The number of rotatable bonds is 16. The summed E-state index contributed by atoms with van der Waals surface area (Å²) >= 11 is 0. The van der Waals surface area contributed by atoms with Gasteiger partial charge >= 0.3 is 0 Å². The minimum Gasteiger partial charge on any atom is -0.271 e. The van der Waals surface area contributed by atoms with Crippen molar-refractivity contribution < 1.29 is 21.7 Å². The first kappa shape index (κ1) is 38.1. The molecule has 0 N–H and O–H groups in total. The molecular formula is C33H62NPTi. The molecule has 0 saturated carbocycles. The van der Waals surface area contributed by atoms with Crippen molar-refractivity contribution >= 4 is 7.05 Å². The third-order valence-electron chi connectivity index (χ3n) is 7.74. The molecule has 0 aliphatic heterocycles. The van der Waals surface area contributed by atoms with Crippen molar-refractivity contribution in [3.05, 3.63) is 47.2 Å². The summed E-state index contributed by atoms with van der Waals surface area (Å²) in [7, 11) is -1.39. The molecule has 3 heteroatoms. The predicted octanol–water partition coefficient (Wildman–Crippen LogP) is 12.5. The van der Waals surface area contributed by atoms with Crippen LogP contribution in [0.2, 0.25) is 0 Å². The standard InChI is InChI=1S/C23H44NP.C10H18.Ti/c1-7-10-15-20(4)25(21(5)16-11-8-2,22(6)17-12-9-3)24-23-18-13-14-19-23;1-5-7-9(3)10(4)8-6-2;/h13-14,18,20-22H,7-12,15-17,19H2,1-6H3;7-8H,5-6H2,1-4H3;. The minimum absolute atomic E-state index is 0. The minimum atomic E-state index is -1.39. The number of nitrogens with zero attached hydrogens (tertiary/aromatic N) is 1. The van der Waals surface area contributed by atoms with E-state index in [1.54, 1.807) is 0 Å². The van der Waals surface area contributed by atoms with Gasteiger partial charge in [0.1, 0.15) is 0 Å². The topological polar surface area (TPSA) is 12.4 Å². The van der Waals surface area contributed by atoms with Gasteiger partial charge in [0.05, 0.1) is 0 Å². The molecule has 0 aromatic carbocycles. The van der Waals surface area contributed by atoms with Crippen LogP contribution in [0.4, 0.5) is 0 Å². The molecule has 1 aliphatic rings. The maximum Gasteiger partial charge on any atom is 0.0425 e. The van der Waals surface area contributed by atoms with Crippen molar-refractivity contribution in [2.75, 3.05) is 0 Å². The van der Waals surface area contributed by atoms with Crippen LogP contribution in [0.15, 0.2) is 52.0 Å².